The van der Waals surface area contributed by atoms with Gasteiger partial charge in [-0.3, -0.25) is 14.7 Å². The summed E-state index contributed by atoms with van der Waals surface area (Å²) in [7, 11) is 0. The number of piperazine rings is 1. The third kappa shape index (κ3) is 6.79. The molecule has 1 aromatic carbocycles. The molecule has 1 saturated heterocycles. The monoisotopic (exact) mass is 480 g/mol. The number of hydrogen-bond donors (Lipinski definition) is 2. The Hall–Kier alpha value is -3.46. The minimum absolute atomic E-state index is 0.00192. The van der Waals surface area contributed by atoms with Crippen LogP contribution in [0.5, 0.6) is 11.6 Å². The van der Waals surface area contributed by atoms with Crippen molar-refractivity contribution in [3.8, 4) is 11.6 Å². The molecule has 1 fully saturated rings. The fourth-order valence-corrected chi connectivity index (χ4v) is 4.02. The summed E-state index contributed by atoms with van der Waals surface area (Å²) in [5.74, 6) is 1.94. The summed E-state index contributed by atoms with van der Waals surface area (Å²) < 4.78 is 5.46. The van der Waals surface area contributed by atoms with E-state index in [1.807, 2.05) is 26.0 Å². The summed E-state index contributed by atoms with van der Waals surface area (Å²) >= 11 is 0. The normalized spacial score (nSPS) is 14.4. The topological polar surface area (TPSA) is 107 Å². The molecule has 0 unspecified atom stereocenters. The van der Waals surface area contributed by atoms with Crippen LogP contribution in [0.1, 0.15) is 40.2 Å². The first-order valence-corrected chi connectivity index (χ1v) is 12.2. The van der Waals surface area contributed by atoms with E-state index in [4.69, 9.17) is 4.74 Å². The molecule has 9 nitrogen and oxygen atoms in total. The van der Waals surface area contributed by atoms with Crippen molar-refractivity contribution < 1.29 is 14.6 Å². The van der Waals surface area contributed by atoms with E-state index in [0.29, 0.717) is 28.6 Å². The first kappa shape index (κ1) is 26.2. The molecule has 35 heavy (non-hydrogen) atoms. The molecule has 4 rings (SSSR count). The summed E-state index contributed by atoms with van der Waals surface area (Å²) in [5.41, 5.74) is 1.76. The third-order valence-corrected chi connectivity index (χ3v) is 5.49. The zero-order valence-electron chi connectivity index (χ0n) is 21.3. The zero-order valence-corrected chi connectivity index (χ0v) is 21.3. The number of carbonyl (C=O) groups is 1. The van der Waals surface area contributed by atoms with Gasteiger partial charge in [0.25, 0.3) is 0 Å². The van der Waals surface area contributed by atoms with Crippen molar-refractivity contribution in [2.45, 2.75) is 34.6 Å². The van der Waals surface area contributed by atoms with E-state index < -0.39 is 0 Å². The standard InChI is InChI=1S/C24H30N6O3.C2H6/c1-16(2)13-29-7-9-30(10-8-29)23-21-20(24(32)28-22(21)26-15-27-23)12-25-18-5-4-6-19(11-18)33-14-17(3)31;1-2/h4-6,11-12,15-16,32H,7-10,13-14H2,1-3H3,(H,26,27,28);1-2H3. The molecule has 2 aromatic heterocycles. The van der Waals surface area contributed by atoms with E-state index in [-0.39, 0.29) is 18.3 Å². The van der Waals surface area contributed by atoms with Crippen molar-refractivity contribution in [1.82, 2.24) is 19.9 Å². The van der Waals surface area contributed by atoms with Gasteiger partial charge in [0.2, 0.25) is 0 Å². The van der Waals surface area contributed by atoms with Crippen LogP contribution in [-0.4, -0.2) is 76.3 Å². The lowest BCUT2D eigenvalue weighted by atomic mass is 10.1. The smallest absolute Gasteiger partial charge is 0.199 e. The molecule has 2 N–H and O–H groups in total. The van der Waals surface area contributed by atoms with Gasteiger partial charge in [-0.2, -0.15) is 0 Å². The molecule has 1 aliphatic heterocycles. The van der Waals surface area contributed by atoms with E-state index in [0.717, 1.165) is 43.9 Å². The van der Waals surface area contributed by atoms with E-state index >= 15 is 0 Å². The van der Waals surface area contributed by atoms with Crippen LogP contribution in [0, 0.1) is 5.92 Å². The number of ketones is 1. The summed E-state index contributed by atoms with van der Waals surface area (Å²) in [6.07, 6.45) is 3.13. The highest BCUT2D eigenvalue weighted by Gasteiger charge is 2.23. The highest BCUT2D eigenvalue weighted by molar-refractivity contribution is 6.06. The number of ether oxygens (including phenoxy) is 1. The predicted molar refractivity (Wildman–Crippen MR) is 140 cm³/mol. The SMILES string of the molecule is CC.CC(=O)COc1cccc(N=Cc2c(O)[nH]c3ncnc(N4CCN(CC(C)C)CC4)c23)c1. The molecule has 0 aliphatic carbocycles. The first-order chi connectivity index (χ1) is 16.9. The number of rotatable bonds is 8. The van der Waals surface area contributed by atoms with E-state index in [1.54, 1.807) is 18.3 Å². The molecule has 0 bridgehead atoms. The van der Waals surface area contributed by atoms with Crippen LogP contribution in [0.4, 0.5) is 11.5 Å². The van der Waals surface area contributed by atoms with Gasteiger partial charge in [0.15, 0.2) is 11.7 Å². The number of nitrogens with zero attached hydrogens (tertiary/aromatic N) is 5. The maximum Gasteiger partial charge on any atom is 0.199 e. The molecule has 0 radical (unpaired) electrons. The molecular formula is C26H36N6O3. The number of carbonyl (C=O) groups excluding carboxylic acids is 1. The van der Waals surface area contributed by atoms with Crippen LogP contribution < -0.4 is 9.64 Å². The number of nitrogens with one attached hydrogen (secondary N) is 1. The van der Waals surface area contributed by atoms with Gasteiger partial charge >= 0.3 is 0 Å². The van der Waals surface area contributed by atoms with Crippen molar-refractivity contribution >= 4 is 34.5 Å². The average Bonchev–Trinajstić information content (AvgIpc) is 3.18. The molecule has 188 valence electrons. The van der Waals surface area contributed by atoms with E-state index in [9.17, 15) is 9.90 Å². The van der Waals surface area contributed by atoms with Gasteiger partial charge in [-0.15, -0.1) is 0 Å². The average molecular weight is 481 g/mol. The van der Waals surface area contributed by atoms with Crippen molar-refractivity contribution in [2.24, 2.45) is 10.9 Å². The Morgan fingerprint density at radius 1 is 1.23 bits per heavy atom. The van der Waals surface area contributed by atoms with Gasteiger partial charge in [-0.1, -0.05) is 33.8 Å². The minimum Gasteiger partial charge on any atom is -0.494 e. The second-order valence-corrected chi connectivity index (χ2v) is 8.74. The number of H-pyrrole nitrogens is 1. The van der Waals surface area contributed by atoms with Crippen molar-refractivity contribution in [2.75, 3.05) is 44.2 Å². The Morgan fingerprint density at radius 2 is 1.97 bits per heavy atom. The maximum atomic E-state index is 11.2. The van der Waals surface area contributed by atoms with Crippen molar-refractivity contribution in [3.63, 3.8) is 0 Å². The number of fused-ring (bicyclic) bond motifs is 1. The molecule has 0 amide bonds. The number of aromatic hydroxyl groups is 1. The Balaban J connectivity index is 0.00000167. The van der Waals surface area contributed by atoms with Crippen LogP contribution in [0.3, 0.4) is 0 Å². The van der Waals surface area contributed by atoms with Crippen LogP contribution in [0.25, 0.3) is 11.0 Å². The molecule has 1 aliphatic rings. The van der Waals surface area contributed by atoms with Gasteiger partial charge in [-0.25, -0.2) is 9.97 Å². The number of hydrogen-bond acceptors (Lipinski definition) is 8. The summed E-state index contributed by atoms with van der Waals surface area (Å²) in [6.45, 7) is 14.7. The van der Waals surface area contributed by atoms with Crippen LogP contribution in [0.2, 0.25) is 0 Å². The molecule has 0 atom stereocenters. The zero-order chi connectivity index (χ0) is 25.4. The van der Waals surface area contributed by atoms with Crippen molar-refractivity contribution in [1.29, 1.82) is 0 Å². The molecular weight excluding hydrogens is 444 g/mol. The van der Waals surface area contributed by atoms with Crippen LogP contribution in [0.15, 0.2) is 35.6 Å². The second-order valence-electron chi connectivity index (χ2n) is 8.74. The van der Waals surface area contributed by atoms with Crippen LogP contribution in [-0.2, 0) is 4.79 Å². The van der Waals surface area contributed by atoms with Gasteiger partial charge in [-0.05, 0) is 25.0 Å². The van der Waals surface area contributed by atoms with E-state index in [2.05, 4.69) is 43.6 Å². The Bertz CT molecular complexity index is 1150. The summed E-state index contributed by atoms with van der Waals surface area (Å²) in [4.78, 5) is 32.2. The van der Waals surface area contributed by atoms with Gasteiger partial charge in [0.05, 0.1) is 16.6 Å². The highest BCUT2D eigenvalue weighted by Crippen LogP contribution is 2.32. The van der Waals surface area contributed by atoms with E-state index in [1.165, 1.54) is 13.3 Å². The number of Topliss-reactive ketones (excluding diaryl/α,β-unsaturated/α-hetero) is 1. The molecule has 0 spiro atoms. The lowest BCUT2D eigenvalue weighted by molar-refractivity contribution is -0.118. The minimum atomic E-state index is -0.0508. The molecule has 3 heterocycles. The first-order valence-electron chi connectivity index (χ1n) is 12.2. The fraction of sp³-hybridized carbons (Fsp3) is 0.462. The summed E-state index contributed by atoms with van der Waals surface area (Å²) in [5, 5.41) is 11.3. The highest BCUT2D eigenvalue weighted by atomic mass is 16.5. The third-order valence-electron chi connectivity index (χ3n) is 5.49. The molecule has 0 saturated carbocycles. The quantitative estimate of drug-likeness (QED) is 0.466. The summed E-state index contributed by atoms with van der Waals surface area (Å²) in [6, 6.07) is 7.16. The number of aliphatic imine (C=N–C) groups is 1. The largest absolute Gasteiger partial charge is 0.494 e. The Labute approximate surface area is 206 Å². The Kier molecular flexibility index (Phi) is 9.19. The van der Waals surface area contributed by atoms with Gasteiger partial charge in [0.1, 0.15) is 30.1 Å². The van der Waals surface area contributed by atoms with Gasteiger partial charge < -0.3 is 19.7 Å². The fourth-order valence-electron chi connectivity index (χ4n) is 4.02. The lowest BCUT2D eigenvalue weighted by Gasteiger charge is -2.36. The molecule has 3 aromatic rings. The van der Waals surface area contributed by atoms with Crippen molar-refractivity contribution in [3.05, 3.63) is 36.2 Å². The number of anilines is 1. The maximum absolute atomic E-state index is 11.2. The van der Waals surface area contributed by atoms with Crippen LogP contribution >= 0.6 is 0 Å². The molecule has 9 heteroatoms. The second kappa shape index (κ2) is 12.3. The number of benzene rings is 1. The predicted octanol–water partition coefficient (Wildman–Crippen LogP) is 4.19. The Morgan fingerprint density at radius 3 is 2.66 bits per heavy atom. The number of aromatic amines is 1. The number of aromatic nitrogens is 3. The lowest BCUT2D eigenvalue weighted by Crippen LogP contribution is -2.47. The van der Waals surface area contributed by atoms with Gasteiger partial charge in [0, 0.05) is 45.0 Å².